The molecule has 5 aromatic carbocycles. The van der Waals surface area contributed by atoms with Crippen LogP contribution in [0.1, 0.15) is 70.7 Å². The molecule has 0 nitrogen and oxygen atoms in total. The summed E-state index contributed by atoms with van der Waals surface area (Å²) in [4.78, 5) is 0. The maximum Gasteiger partial charge on any atom is 0.0365 e. The zero-order valence-electron chi connectivity index (χ0n) is 32.3. The molecule has 0 aliphatic heterocycles. The summed E-state index contributed by atoms with van der Waals surface area (Å²) in [5.41, 5.74) is 16.6. The van der Waals surface area contributed by atoms with Gasteiger partial charge in [0.25, 0.3) is 0 Å². The Labute approximate surface area is 322 Å². The molecule has 5 unspecified atom stereocenters. The molecular weight excluding hydrogens is 649 g/mol. The van der Waals surface area contributed by atoms with Gasteiger partial charge in [0.15, 0.2) is 0 Å². The fourth-order valence-electron chi connectivity index (χ4n) is 10.3. The lowest BCUT2D eigenvalue weighted by Crippen LogP contribution is -2.46. The quantitative estimate of drug-likeness (QED) is 0.166. The Hall–Kier alpha value is -5.46. The minimum Gasteiger partial charge on any atom is -0.0807 e. The number of aryl methyl sites for hydroxylation is 3. The molecule has 0 saturated heterocycles. The zero-order valence-corrected chi connectivity index (χ0v) is 32.3. The number of benzene rings is 5. The van der Waals surface area contributed by atoms with Gasteiger partial charge in [0.05, 0.1) is 0 Å². The van der Waals surface area contributed by atoms with Crippen molar-refractivity contribution in [2.45, 2.75) is 52.4 Å². The molecule has 0 amide bonds. The fourth-order valence-corrected chi connectivity index (χ4v) is 10.3. The van der Waals surface area contributed by atoms with Gasteiger partial charge in [0.2, 0.25) is 0 Å². The molecule has 0 heterocycles. The molecule has 5 atom stereocenters. The molecule has 0 N–H and O–H groups in total. The van der Waals surface area contributed by atoms with E-state index >= 15 is 0 Å². The van der Waals surface area contributed by atoms with Gasteiger partial charge in [-0.3, -0.25) is 0 Å². The second-order valence-electron chi connectivity index (χ2n) is 16.6. The highest BCUT2D eigenvalue weighted by molar-refractivity contribution is 5.81. The van der Waals surface area contributed by atoms with Crippen molar-refractivity contribution in [1.82, 2.24) is 0 Å². The molecule has 5 aromatic rings. The van der Waals surface area contributed by atoms with E-state index in [1.807, 2.05) is 0 Å². The van der Waals surface area contributed by atoms with Crippen molar-refractivity contribution >= 4 is 11.1 Å². The van der Waals surface area contributed by atoms with Gasteiger partial charge in [-0.2, -0.15) is 0 Å². The van der Waals surface area contributed by atoms with Crippen molar-refractivity contribution in [1.29, 1.82) is 0 Å². The standard InChI is InChI=1S/C54H50/c1-36-6-14-40(15-7-36)42-18-22-44(23-19-42)46-26-32-50-51-33-27-47(45-24-20-43(21-25-45)41-16-8-37(2)9-17-41)35-53(51,5)54(52(50)34-46,48-28-10-38(3)11-29-48)49-30-12-39(4)13-31-49/h6-14,16-35,40,50-52H,15H2,1-5H3. The van der Waals surface area contributed by atoms with Crippen LogP contribution < -0.4 is 0 Å². The molecule has 1 fully saturated rings. The SMILES string of the molecule is CC1=CCC(c2ccc(C3=CC4C(C=C3)C3C=CC(c5ccc(-c6ccc(C)cc6)cc5)=CC3(C)C4(c3ccc(C)cc3)c3ccc(C)cc3)cc2)C=C1. The van der Waals surface area contributed by atoms with E-state index in [2.05, 4.69) is 211 Å². The topological polar surface area (TPSA) is 0 Å². The first kappa shape index (κ1) is 34.3. The van der Waals surface area contributed by atoms with E-state index in [1.54, 1.807) is 0 Å². The molecule has 4 aliphatic carbocycles. The minimum atomic E-state index is -0.311. The van der Waals surface area contributed by atoms with Crippen LogP contribution in [0.4, 0.5) is 0 Å². The first-order valence-electron chi connectivity index (χ1n) is 19.8. The molecule has 0 heteroatoms. The van der Waals surface area contributed by atoms with Crippen LogP contribution in [0.2, 0.25) is 0 Å². The van der Waals surface area contributed by atoms with Gasteiger partial charge < -0.3 is 0 Å². The van der Waals surface area contributed by atoms with Crippen molar-refractivity contribution in [3.8, 4) is 11.1 Å². The zero-order chi connectivity index (χ0) is 37.0. The van der Waals surface area contributed by atoms with Crippen molar-refractivity contribution in [2.75, 3.05) is 0 Å². The van der Waals surface area contributed by atoms with E-state index in [0.29, 0.717) is 17.8 Å². The summed E-state index contributed by atoms with van der Waals surface area (Å²) in [6.07, 6.45) is 23.3. The summed E-state index contributed by atoms with van der Waals surface area (Å²) in [5, 5.41) is 0. The van der Waals surface area contributed by atoms with Crippen LogP contribution in [0.25, 0.3) is 22.3 Å². The number of hydrogen-bond acceptors (Lipinski definition) is 0. The summed E-state index contributed by atoms with van der Waals surface area (Å²) in [7, 11) is 0. The van der Waals surface area contributed by atoms with Crippen molar-refractivity contribution in [2.24, 2.45) is 23.2 Å². The van der Waals surface area contributed by atoms with Crippen LogP contribution in [-0.2, 0) is 5.41 Å². The van der Waals surface area contributed by atoms with E-state index in [4.69, 9.17) is 0 Å². The van der Waals surface area contributed by atoms with Crippen LogP contribution in [0.3, 0.4) is 0 Å². The van der Waals surface area contributed by atoms with Crippen LogP contribution in [0.5, 0.6) is 0 Å². The van der Waals surface area contributed by atoms with Gasteiger partial charge in [-0.05, 0) is 102 Å². The predicted molar refractivity (Wildman–Crippen MR) is 229 cm³/mol. The Morgan fingerprint density at radius 2 is 0.981 bits per heavy atom. The maximum absolute atomic E-state index is 2.65. The van der Waals surface area contributed by atoms with Gasteiger partial charge in [-0.1, -0.05) is 205 Å². The molecule has 0 radical (unpaired) electrons. The number of hydrogen-bond donors (Lipinski definition) is 0. The summed E-state index contributed by atoms with van der Waals surface area (Å²) in [6, 6.07) is 46.5. The lowest BCUT2D eigenvalue weighted by atomic mass is 9.53. The van der Waals surface area contributed by atoms with Gasteiger partial charge >= 0.3 is 0 Å². The third-order valence-electron chi connectivity index (χ3n) is 13.2. The third kappa shape index (κ3) is 5.66. The molecule has 54 heavy (non-hydrogen) atoms. The molecule has 0 spiro atoms. The normalized spacial score (nSPS) is 25.0. The van der Waals surface area contributed by atoms with E-state index in [-0.39, 0.29) is 16.7 Å². The highest BCUT2D eigenvalue weighted by Crippen LogP contribution is 2.70. The first-order chi connectivity index (χ1) is 26.2. The largest absolute Gasteiger partial charge is 0.0807 e. The first-order valence-corrected chi connectivity index (χ1v) is 19.8. The van der Waals surface area contributed by atoms with E-state index in [9.17, 15) is 0 Å². The smallest absolute Gasteiger partial charge is 0.0365 e. The molecule has 0 bridgehead atoms. The second kappa shape index (κ2) is 13.4. The van der Waals surface area contributed by atoms with Crippen molar-refractivity contribution in [3.05, 3.63) is 226 Å². The van der Waals surface area contributed by atoms with E-state index in [0.717, 1.165) is 6.42 Å². The maximum atomic E-state index is 2.65. The van der Waals surface area contributed by atoms with Crippen LogP contribution in [-0.4, -0.2) is 0 Å². The average Bonchev–Trinajstić information content (AvgIpc) is 3.43. The molecule has 0 aromatic heterocycles. The summed E-state index contributed by atoms with van der Waals surface area (Å²) in [6.45, 7) is 11.3. The van der Waals surface area contributed by atoms with Gasteiger partial charge in [0.1, 0.15) is 0 Å². The Kier molecular flexibility index (Phi) is 8.54. The van der Waals surface area contributed by atoms with E-state index < -0.39 is 0 Å². The lowest BCUT2D eigenvalue weighted by molar-refractivity contribution is 0.231. The van der Waals surface area contributed by atoms with Crippen LogP contribution in [0, 0.1) is 43.9 Å². The minimum absolute atomic E-state index is 0.217. The Balaban J connectivity index is 1.18. The summed E-state index contributed by atoms with van der Waals surface area (Å²) >= 11 is 0. The number of rotatable bonds is 6. The van der Waals surface area contributed by atoms with Crippen molar-refractivity contribution in [3.63, 3.8) is 0 Å². The summed E-state index contributed by atoms with van der Waals surface area (Å²) in [5.74, 6) is 1.37. The average molecular weight is 699 g/mol. The summed E-state index contributed by atoms with van der Waals surface area (Å²) < 4.78 is 0. The fraction of sp³-hybridized carbons (Fsp3) is 0.222. The Morgan fingerprint density at radius 1 is 0.481 bits per heavy atom. The van der Waals surface area contributed by atoms with E-state index in [1.165, 1.54) is 72.4 Å². The Bertz CT molecular complexity index is 2320. The van der Waals surface area contributed by atoms with Gasteiger partial charge in [-0.25, -0.2) is 0 Å². The lowest BCUT2D eigenvalue weighted by Gasteiger charge is -2.49. The monoisotopic (exact) mass is 698 g/mol. The second-order valence-corrected chi connectivity index (χ2v) is 16.6. The molecule has 1 saturated carbocycles. The molecule has 9 rings (SSSR count). The molecule has 266 valence electrons. The van der Waals surface area contributed by atoms with Gasteiger partial charge in [-0.15, -0.1) is 0 Å². The van der Waals surface area contributed by atoms with Gasteiger partial charge in [0, 0.05) is 16.7 Å². The highest BCUT2D eigenvalue weighted by Gasteiger charge is 2.66. The highest BCUT2D eigenvalue weighted by atomic mass is 14.7. The number of allylic oxidation sites excluding steroid dienone is 12. The van der Waals surface area contributed by atoms with Crippen LogP contribution >= 0.6 is 0 Å². The van der Waals surface area contributed by atoms with Crippen molar-refractivity contribution < 1.29 is 0 Å². The third-order valence-corrected chi connectivity index (χ3v) is 13.2. The molecule has 4 aliphatic rings. The molecular formula is C54H50. The Morgan fingerprint density at radius 3 is 1.56 bits per heavy atom. The van der Waals surface area contributed by atoms with Crippen LogP contribution in [0.15, 0.2) is 182 Å². The predicted octanol–water partition coefficient (Wildman–Crippen LogP) is 13.7. The number of fused-ring (bicyclic) bond motifs is 3.